The topological polar surface area (TPSA) is 64.4 Å². The van der Waals surface area contributed by atoms with Gasteiger partial charge in [-0.25, -0.2) is 0 Å². The van der Waals surface area contributed by atoms with Gasteiger partial charge in [-0.1, -0.05) is 24.3 Å². The summed E-state index contributed by atoms with van der Waals surface area (Å²) in [5.74, 6) is 0.0547. The van der Waals surface area contributed by atoms with Gasteiger partial charge in [0, 0.05) is 19.8 Å². The molecule has 1 aromatic carbocycles. The zero-order chi connectivity index (χ0) is 14.6. The molecule has 1 unspecified atom stereocenters. The summed E-state index contributed by atoms with van der Waals surface area (Å²) in [4.78, 5) is 12.6. The molecule has 1 fully saturated rings. The highest BCUT2D eigenvalue weighted by Gasteiger charge is 2.39. The molecule has 0 aliphatic carbocycles. The van der Waals surface area contributed by atoms with E-state index in [1.54, 1.807) is 0 Å². The number of nitrogens with two attached hydrogens (primary N) is 1. The van der Waals surface area contributed by atoms with E-state index < -0.39 is 5.41 Å². The number of hydrogen-bond acceptors (Lipinski definition) is 3. The Bertz CT molecular complexity index is 467. The first-order valence-corrected chi connectivity index (χ1v) is 7.23. The normalized spacial score (nSPS) is 19.4. The summed E-state index contributed by atoms with van der Waals surface area (Å²) in [5.41, 5.74) is 7.75. The van der Waals surface area contributed by atoms with Crippen LogP contribution in [0.4, 0.5) is 0 Å². The van der Waals surface area contributed by atoms with Crippen LogP contribution in [0.25, 0.3) is 0 Å². The van der Waals surface area contributed by atoms with E-state index in [4.69, 9.17) is 10.5 Å². The summed E-state index contributed by atoms with van der Waals surface area (Å²) in [7, 11) is 0. The van der Waals surface area contributed by atoms with E-state index in [2.05, 4.69) is 24.4 Å². The molecule has 1 heterocycles. The van der Waals surface area contributed by atoms with E-state index in [9.17, 15) is 4.79 Å². The first-order chi connectivity index (χ1) is 9.59. The molecular formula is C16H24N2O2. The van der Waals surface area contributed by atoms with Gasteiger partial charge in [-0.2, -0.15) is 0 Å². The van der Waals surface area contributed by atoms with Crippen molar-refractivity contribution in [2.45, 2.75) is 32.7 Å². The highest BCUT2D eigenvalue weighted by atomic mass is 16.5. The van der Waals surface area contributed by atoms with Gasteiger partial charge in [-0.3, -0.25) is 4.79 Å². The van der Waals surface area contributed by atoms with Crippen LogP contribution in [-0.4, -0.2) is 25.7 Å². The van der Waals surface area contributed by atoms with Crippen LogP contribution in [0.15, 0.2) is 24.3 Å². The summed E-state index contributed by atoms with van der Waals surface area (Å²) in [6.45, 7) is 5.68. The third-order valence-corrected chi connectivity index (χ3v) is 4.32. The minimum absolute atomic E-state index is 0.00466. The first-order valence-electron chi connectivity index (χ1n) is 7.23. The van der Waals surface area contributed by atoms with Crippen molar-refractivity contribution in [3.8, 4) is 0 Å². The molecule has 2 rings (SSSR count). The summed E-state index contributed by atoms with van der Waals surface area (Å²) in [6.07, 6.45) is 1.41. The van der Waals surface area contributed by atoms with Crippen LogP contribution >= 0.6 is 0 Å². The van der Waals surface area contributed by atoms with Crippen LogP contribution in [0.5, 0.6) is 0 Å². The summed E-state index contributed by atoms with van der Waals surface area (Å²) in [5, 5.41) is 3.12. The zero-order valence-electron chi connectivity index (χ0n) is 12.3. The van der Waals surface area contributed by atoms with Gasteiger partial charge in [-0.05, 0) is 37.8 Å². The molecular weight excluding hydrogens is 252 g/mol. The number of hydrogen-bond donors (Lipinski definition) is 2. The van der Waals surface area contributed by atoms with Crippen molar-refractivity contribution in [3.05, 3.63) is 35.4 Å². The SMILES string of the molecule is Cc1ccccc1C(C)NC(=O)C1(CN)CCOCC1. The van der Waals surface area contributed by atoms with Gasteiger partial charge in [0.25, 0.3) is 0 Å². The number of amides is 1. The molecule has 1 aliphatic rings. The lowest BCUT2D eigenvalue weighted by molar-refractivity contribution is -0.136. The molecule has 1 saturated heterocycles. The van der Waals surface area contributed by atoms with Crippen LogP contribution in [0.2, 0.25) is 0 Å². The van der Waals surface area contributed by atoms with Crippen LogP contribution in [0, 0.1) is 12.3 Å². The predicted molar refractivity (Wildman–Crippen MR) is 79.3 cm³/mol. The maximum atomic E-state index is 12.6. The molecule has 110 valence electrons. The van der Waals surface area contributed by atoms with Gasteiger partial charge < -0.3 is 15.8 Å². The van der Waals surface area contributed by atoms with Gasteiger partial charge in [0.15, 0.2) is 0 Å². The van der Waals surface area contributed by atoms with Crippen LogP contribution in [0.3, 0.4) is 0 Å². The lowest BCUT2D eigenvalue weighted by Gasteiger charge is -2.35. The van der Waals surface area contributed by atoms with Crippen molar-refractivity contribution in [3.63, 3.8) is 0 Å². The lowest BCUT2D eigenvalue weighted by Crippen LogP contribution is -2.49. The fraction of sp³-hybridized carbons (Fsp3) is 0.562. The van der Waals surface area contributed by atoms with E-state index in [0.717, 1.165) is 5.56 Å². The molecule has 4 heteroatoms. The molecule has 0 bridgehead atoms. The van der Waals surface area contributed by atoms with Crippen molar-refractivity contribution in [1.82, 2.24) is 5.32 Å². The van der Waals surface area contributed by atoms with E-state index in [0.29, 0.717) is 32.6 Å². The van der Waals surface area contributed by atoms with Crippen molar-refractivity contribution in [1.29, 1.82) is 0 Å². The average molecular weight is 276 g/mol. The van der Waals surface area contributed by atoms with Crippen molar-refractivity contribution in [2.75, 3.05) is 19.8 Å². The number of rotatable bonds is 4. The van der Waals surface area contributed by atoms with Crippen LogP contribution in [0.1, 0.15) is 36.9 Å². The number of aryl methyl sites for hydroxylation is 1. The molecule has 0 radical (unpaired) electrons. The van der Waals surface area contributed by atoms with E-state index in [1.807, 2.05) is 19.1 Å². The zero-order valence-corrected chi connectivity index (χ0v) is 12.3. The number of ether oxygens (including phenoxy) is 1. The standard InChI is InChI=1S/C16H24N2O2/c1-12-5-3-4-6-14(12)13(2)18-15(19)16(11-17)7-9-20-10-8-16/h3-6,13H,7-11,17H2,1-2H3,(H,18,19). The molecule has 4 nitrogen and oxygen atoms in total. The second kappa shape index (κ2) is 6.37. The number of benzene rings is 1. The smallest absolute Gasteiger partial charge is 0.228 e. The Morgan fingerprint density at radius 3 is 2.65 bits per heavy atom. The van der Waals surface area contributed by atoms with E-state index in [1.165, 1.54) is 5.56 Å². The minimum Gasteiger partial charge on any atom is -0.381 e. The molecule has 0 saturated carbocycles. The third-order valence-electron chi connectivity index (χ3n) is 4.32. The molecule has 20 heavy (non-hydrogen) atoms. The predicted octanol–water partition coefficient (Wildman–Crippen LogP) is 1.93. The Hall–Kier alpha value is -1.39. The Balaban J connectivity index is 2.08. The maximum absolute atomic E-state index is 12.6. The van der Waals surface area contributed by atoms with Crippen molar-refractivity contribution < 1.29 is 9.53 Å². The Morgan fingerprint density at radius 1 is 1.40 bits per heavy atom. The second-order valence-electron chi connectivity index (χ2n) is 5.65. The summed E-state index contributed by atoms with van der Waals surface area (Å²) >= 11 is 0. The Morgan fingerprint density at radius 2 is 2.05 bits per heavy atom. The molecule has 1 amide bonds. The second-order valence-corrected chi connectivity index (χ2v) is 5.65. The van der Waals surface area contributed by atoms with Gasteiger partial charge in [0.2, 0.25) is 5.91 Å². The Kier molecular flexibility index (Phi) is 4.78. The van der Waals surface area contributed by atoms with Gasteiger partial charge >= 0.3 is 0 Å². The fourth-order valence-corrected chi connectivity index (χ4v) is 2.79. The number of carbonyl (C=O) groups excluding carboxylic acids is 1. The Labute approximate surface area is 120 Å². The van der Waals surface area contributed by atoms with Crippen molar-refractivity contribution in [2.24, 2.45) is 11.1 Å². The average Bonchev–Trinajstić information content (AvgIpc) is 2.48. The van der Waals surface area contributed by atoms with Crippen molar-refractivity contribution >= 4 is 5.91 Å². The minimum atomic E-state index is -0.463. The van der Waals surface area contributed by atoms with Crippen LogP contribution in [-0.2, 0) is 9.53 Å². The fourth-order valence-electron chi connectivity index (χ4n) is 2.79. The quantitative estimate of drug-likeness (QED) is 0.883. The first kappa shape index (κ1) is 15.0. The summed E-state index contributed by atoms with van der Waals surface area (Å²) in [6, 6.07) is 8.12. The van der Waals surface area contributed by atoms with Crippen LogP contribution < -0.4 is 11.1 Å². The van der Waals surface area contributed by atoms with Gasteiger partial charge in [0.05, 0.1) is 11.5 Å². The van der Waals surface area contributed by atoms with Gasteiger partial charge in [-0.15, -0.1) is 0 Å². The monoisotopic (exact) mass is 276 g/mol. The maximum Gasteiger partial charge on any atom is 0.228 e. The summed E-state index contributed by atoms with van der Waals surface area (Å²) < 4.78 is 5.35. The third kappa shape index (κ3) is 3.02. The molecule has 0 aromatic heterocycles. The molecule has 1 aromatic rings. The number of carbonyl (C=O) groups is 1. The highest BCUT2D eigenvalue weighted by Crippen LogP contribution is 2.30. The molecule has 1 atom stereocenters. The molecule has 0 spiro atoms. The van der Waals surface area contributed by atoms with E-state index >= 15 is 0 Å². The lowest BCUT2D eigenvalue weighted by atomic mass is 9.79. The largest absolute Gasteiger partial charge is 0.381 e. The number of nitrogens with one attached hydrogen (secondary N) is 1. The van der Waals surface area contributed by atoms with Gasteiger partial charge in [0.1, 0.15) is 0 Å². The molecule has 1 aliphatic heterocycles. The molecule has 3 N–H and O–H groups in total. The highest BCUT2D eigenvalue weighted by molar-refractivity contribution is 5.83. The van der Waals surface area contributed by atoms with E-state index in [-0.39, 0.29) is 11.9 Å².